The summed E-state index contributed by atoms with van der Waals surface area (Å²) in [7, 11) is 3.83. The highest BCUT2D eigenvalue weighted by molar-refractivity contribution is 5.84. The maximum absolute atomic E-state index is 11.3. The van der Waals surface area contributed by atoms with Crippen LogP contribution in [0, 0.1) is 0 Å². The number of carbonyl (C=O) groups excluding carboxylic acids is 1. The highest BCUT2D eigenvalue weighted by Crippen LogP contribution is 2.32. The third-order valence-corrected chi connectivity index (χ3v) is 4.68. The van der Waals surface area contributed by atoms with Crippen LogP contribution in [0.2, 0.25) is 0 Å². The zero-order valence-electron chi connectivity index (χ0n) is 14.1. The van der Waals surface area contributed by atoms with Gasteiger partial charge in [0.05, 0.1) is 0 Å². The van der Waals surface area contributed by atoms with Gasteiger partial charge in [0.15, 0.2) is 5.75 Å². The molecule has 23 heavy (non-hydrogen) atoms. The molecular weight excluding hydrogens is 288 g/mol. The van der Waals surface area contributed by atoms with Crippen molar-refractivity contribution in [3.8, 4) is 5.75 Å². The van der Waals surface area contributed by atoms with E-state index in [1.807, 2.05) is 12.1 Å². The van der Waals surface area contributed by atoms with Crippen molar-refractivity contribution in [3.63, 3.8) is 0 Å². The molecule has 0 aromatic heterocycles. The highest BCUT2D eigenvalue weighted by Gasteiger charge is 2.20. The first-order valence-electron chi connectivity index (χ1n) is 8.21. The van der Waals surface area contributed by atoms with Crippen molar-refractivity contribution < 1.29 is 9.63 Å². The van der Waals surface area contributed by atoms with Crippen LogP contribution in [0.15, 0.2) is 36.4 Å². The van der Waals surface area contributed by atoms with Gasteiger partial charge in [-0.05, 0) is 61.0 Å². The van der Waals surface area contributed by atoms with Crippen molar-refractivity contribution in [1.82, 2.24) is 9.96 Å². The minimum Gasteiger partial charge on any atom is -0.377 e. The summed E-state index contributed by atoms with van der Waals surface area (Å²) in [6, 6.07) is 13.1. The number of hydrogen-bond acceptors (Lipinski definition) is 3. The van der Waals surface area contributed by atoms with Gasteiger partial charge in [0, 0.05) is 20.0 Å². The lowest BCUT2D eigenvalue weighted by Gasteiger charge is -2.33. The Kier molecular flexibility index (Phi) is 4.53. The van der Waals surface area contributed by atoms with Crippen LogP contribution in [0.4, 0.5) is 0 Å². The van der Waals surface area contributed by atoms with E-state index in [0.29, 0.717) is 11.8 Å². The summed E-state index contributed by atoms with van der Waals surface area (Å²) in [6.45, 7) is 2.65. The first kappa shape index (κ1) is 15.8. The summed E-state index contributed by atoms with van der Waals surface area (Å²) < 4.78 is 0. The molecule has 0 aliphatic carbocycles. The predicted octanol–water partition coefficient (Wildman–Crippen LogP) is 3.77. The number of carbonyl (C=O) groups is 1. The molecule has 122 valence electrons. The molecule has 1 unspecified atom stereocenters. The SMILES string of the molecule is CC(=O)N(C)Oc1ccc2cc(C3CCCCN3C)ccc2c1. The van der Waals surface area contributed by atoms with Crippen molar-refractivity contribution in [2.75, 3.05) is 20.6 Å². The maximum atomic E-state index is 11.3. The van der Waals surface area contributed by atoms with Crippen molar-refractivity contribution in [2.24, 2.45) is 0 Å². The number of hydroxylamine groups is 2. The van der Waals surface area contributed by atoms with E-state index in [2.05, 4.69) is 36.2 Å². The van der Waals surface area contributed by atoms with Gasteiger partial charge in [-0.2, -0.15) is 5.06 Å². The lowest BCUT2D eigenvalue weighted by molar-refractivity contribution is -0.149. The van der Waals surface area contributed by atoms with Crippen molar-refractivity contribution in [2.45, 2.75) is 32.2 Å². The normalized spacial score (nSPS) is 18.8. The Labute approximate surface area is 137 Å². The fourth-order valence-corrected chi connectivity index (χ4v) is 3.23. The molecular formula is C19H24N2O2. The number of benzene rings is 2. The minimum absolute atomic E-state index is 0.124. The van der Waals surface area contributed by atoms with E-state index >= 15 is 0 Å². The summed E-state index contributed by atoms with van der Waals surface area (Å²) in [5.74, 6) is 0.554. The number of rotatable bonds is 3. The first-order chi connectivity index (χ1) is 11.0. The van der Waals surface area contributed by atoms with Crippen molar-refractivity contribution in [1.29, 1.82) is 0 Å². The molecule has 1 amide bonds. The van der Waals surface area contributed by atoms with Gasteiger partial charge in [0.1, 0.15) is 0 Å². The molecule has 0 N–H and O–H groups in total. The number of nitrogens with zero attached hydrogens (tertiary/aromatic N) is 2. The Hall–Kier alpha value is -2.07. The molecule has 1 heterocycles. The van der Waals surface area contributed by atoms with Gasteiger partial charge in [-0.15, -0.1) is 0 Å². The summed E-state index contributed by atoms with van der Waals surface area (Å²) in [6.07, 6.45) is 3.83. The topological polar surface area (TPSA) is 32.8 Å². The number of hydrogen-bond donors (Lipinski definition) is 0. The Morgan fingerprint density at radius 2 is 1.91 bits per heavy atom. The van der Waals surface area contributed by atoms with Crippen LogP contribution in [-0.2, 0) is 4.79 Å². The highest BCUT2D eigenvalue weighted by atomic mass is 16.7. The molecule has 4 nitrogen and oxygen atoms in total. The van der Waals surface area contributed by atoms with Gasteiger partial charge in [-0.3, -0.25) is 9.69 Å². The standard InChI is InChI=1S/C19H24N2O2/c1-14(22)21(3)23-18-10-9-15-12-17(8-7-16(15)13-18)19-6-4-5-11-20(19)2/h7-10,12-13,19H,4-6,11H2,1-3H3. The van der Waals surface area contributed by atoms with Gasteiger partial charge in [-0.1, -0.05) is 24.6 Å². The van der Waals surface area contributed by atoms with Gasteiger partial charge in [-0.25, -0.2) is 0 Å². The van der Waals surface area contributed by atoms with E-state index in [1.54, 1.807) is 7.05 Å². The number of amides is 1. The second kappa shape index (κ2) is 6.59. The summed E-state index contributed by atoms with van der Waals surface area (Å²) >= 11 is 0. The molecule has 1 fully saturated rings. The van der Waals surface area contributed by atoms with Gasteiger partial charge >= 0.3 is 0 Å². The monoisotopic (exact) mass is 312 g/mol. The maximum Gasteiger partial charge on any atom is 0.251 e. The number of fused-ring (bicyclic) bond motifs is 1. The molecule has 0 bridgehead atoms. The van der Waals surface area contributed by atoms with E-state index in [4.69, 9.17) is 4.84 Å². The Morgan fingerprint density at radius 1 is 1.17 bits per heavy atom. The molecule has 2 aromatic rings. The minimum atomic E-state index is -0.124. The quantitative estimate of drug-likeness (QED) is 0.809. The molecule has 1 aliphatic rings. The predicted molar refractivity (Wildman–Crippen MR) is 92.2 cm³/mol. The zero-order valence-corrected chi connectivity index (χ0v) is 14.1. The first-order valence-corrected chi connectivity index (χ1v) is 8.21. The van der Waals surface area contributed by atoms with Gasteiger partial charge in [0.25, 0.3) is 5.91 Å². The van der Waals surface area contributed by atoms with Crippen LogP contribution in [0.25, 0.3) is 10.8 Å². The molecule has 1 aliphatic heterocycles. The van der Waals surface area contributed by atoms with Crippen molar-refractivity contribution >= 4 is 16.7 Å². The third-order valence-electron chi connectivity index (χ3n) is 4.68. The largest absolute Gasteiger partial charge is 0.377 e. The van der Waals surface area contributed by atoms with Crippen LogP contribution in [0.1, 0.15) is 37.8 Å². The van der Waals surface area contributed by atoms with Crippen LogP contribution in [-0.4, -0.2) is 36.5 Å². The molecule has 3 rings (SSSR count). The van der Waals surface area contributed by atoms with E-state index in [9.17, 15) is 4.79 Å². The van der Waals surface area contributed by atoms with Crippen LogP contribution in [0.3, 0.4) is 0 Å². The molecule has 0 spiro atoms. The van der Waals surface area contributed by atoms with Crippen LogP contribution < -0.4 is 4.84 Å². The van der Waals surface area contributed by atoms with E-state index in [0.717, 1.165) is 5.39 Å². The Bertz CT molecular complexity index is 714. The van der Waals surface area contributed by atoms with Gasteiger partial charge < -0.3 is 4.84 Å². The number of likely N-dealkylation sites (tertiary alicyclic amines) is 1. The lowest BCUT2D eigenvalue weighted by Crippen LogP contribution is -2.29. The lowest BCUT2D eigenvalue weighted by atomic mass is 9.94. The molecule has 0 radical (unpaired) electrons. The summed E-state index contributed by atoms with van der Waals surface area (Å²) in [5, 5.41) is 3.58. The van der Waals surface area contributed by atoms with Crippen LogP contribution >= 0.6 is 0 Å². The molecule has 2 aromatic carbocycles. The molecule has 4 heteroatoms. The second-order valence-corrected chi connectivity index (χ2v) is 6.37. The number of piperidine rings is 1. The van der Waals surface area contributed by atoms with Gasteiger partial charge in [0.2, 0.25) is 0 Å². The van der Waals surface area contributed by atoms with E-state index in [-0.39, 0.29) is 5.91 Å². The Balaban J connectivity index is 1.85. The second-order valence-electron chi connectivity index (χ2n) is 6.37. The fraction of sp³-hybridized carbons (Fsp3) is 0.421. The third kappa shape index (κ3) is 3.48. The molecule has 1 saturated heterocycles. The Morgan fingerprint density at radius 3 is 2.65 bits per heavy atom. The molecule has 0 saturated carbocycles. The van der Waals surface area contributed by atoms with Crippen LogP contribution in [0.5, 0.6) is 5.75 Å². The van der Waals surface area contributed by atoms with Crippen molar-refractivity contribution in [3.05, 3.63) is 42.0 Å². The smallest absolute Gasteiger partial charge is 0.251 e. The van der Waals surface area contributed by atoms with E-state index < -0.39 is 0 Å². The zero-order chi connectivity index (χ0) is 16.4. The van der Waals surface area contributed by atoms with E-state index in [1.165, 1.54) is 48.7 Å². The summed E-state index contributed by atoms with van der Waals surface area (Å²) in [5.41, 5.74) is 1.38. The average molecular weight is 312 g/mol. The summed E-state index contributed by atoms with van der Waals surface area (Å²) in [4.78, 5) is 19.2. The fourth-order valence-electron chi connectivity index (χ4n) is 3.23. The molecule has 1 atom stereocenters. The average Bonchev–Trinajstić information content (AvgIpc) is 2.54.